The summed E-state index contributed by atoms with van der Waals surface area (Å²) in [5.41, 5.74) is 2.78. The maximum Gasteiger partial charge on any atom is 0.187 e. The van der Waals surface area contributed by atoms with E-state index >= 15 is 0 Å². The van der Waals surface area contributed by atoms with Gasteiger partial charge in [0.25, 0.3) is 0 Å². The highest BCUT2D eigenvalue weighted by atomic mass is 35.5. The molecule has 2 aromatic heterocycles. The van der Waals surface area contributed by atoms with E-state index in [2.05, 4.69) is 10.3 Å². The molecule has 1 N–H and O–H groups in total. The minimum absolute atomic E-state index is 0. The van der Waals surface area contributed by atoms with Gasteiger partial charge in [-0.05, 0) is 18.2 Å². The van der Waals surface area contributed by atoms with Crippen molar-refractivity contribution in [1.29, 1.82) is 0 Å². The van der Waals surface area contributed by atoms with Crippen LogP contribution in [-0.4, -0.2) is 12.1 Å². The second-order valence-electron chi connectivity index (χ2n) is 3.88. The van der Waals surface area contributed by atoms with Crippen molar-refractivity contribution in [2.75, 3.05) is 12.4 Å². The number of aromatic nitrogens is 1. The van der Waals surface area contributed by atoms with Crippen LogP contribution in [0.15, 0.2) is 52.7 Å². The van der Waals surface area contributed by atoms with Gasteiger partial charge in [0, 0.05) is 10.9 Å². The second kappa shape index (κ2) is 6.45. The summed E-state index contributed by atoms with van der Waals surface area (Å²) in [4.78, 5) is 4.52. The summed E-state index contributed by atoms with van der Waals surface area (Å²) < 4.78 is 10.4. The van der Waals surface area contributed by atoms with Gasteiger partial charge in [-0.2, -0.15) is 0 Å². The molecule has 0 aliphatic heterocycles. The number of nitrogens with one attached hydrogen (secondary N) is 1. The highest BCUT2D eigenvalue weighted by Gasteiger charge is 2.07. The van der Waals surface area contributed by atoms with Crippen molar-refractivity contribution >= 4 is 34.6 Å². The molecule has 20 heavy (non-hydrogen) atoms. The molecule has 6 heteroatoms. The number of ether oxygens (including phenoxy) is 1. The molecule has 0 fully saturated rings. The fourth-order valence-corrected chi connectivity index (χ4v) is 2.47. The van der Waals surface area contributed by atoms with Gasteiger partial charge in [-0.25, -0.2) is 4.98 Å². The highest BCUT2D eigenvalue weighted by Crippen LogP contribution is 2.31. The van der Waals surface area contributed by atoms with Crippen molar-refractivity contribution in [3.8, 4) is 17.0 Å². The highest BCUT2D eigenvalue weighted by molar-refractivity contribution is 7.14. The summed E-state index contributed by atoms with van der Waals surface area (Å²) in [6.45, 7) is 0. The molecule has 0 bridgehead atoms. The average molecular weight is 309 g/mol. The first-order chi connectivity index (χ1) is 9.36. The van der Waals surface area contributed by atoms with Crippen LogP contribution in [0.5, 0.6) is 5.75 Å². The molecule has 0 amide bonds. The second-order valence-corrected chi connectivity index (χ2v) is 4.73. The fourth-order valence-electron chi connectivity index (χ4n) is 1.74. The first-order valence-corrected chi connectivity index (χ1v) is 6.63. The molecule has 0 aliphatic rings. The van der Waals surface area contributed by atoms with Gasteiger partial charge in [0.2, 0.25) is 0 Å². The van der Waals surface area contributed by atoms with E-state index in [1.807, 2.05) is 35.7 Å². The van der Waals surface area contributed by atoms with E-state index < -0.39 is 0 Å². The zero-order valence-electron chi connectivity index (χ0n) is 10.7. The standard InChI is InChI=1S/C14H12N2O2S.ClH/c1-17-13-5-3-2-4-11(13)15-14-16-12(9-19-14)10-6-7-18-8-10;/h2-9H,1H3,(H,15,16);1H. The van der Waals surface area contributed by atoms with Gasteiger partial charge in [0.05, 0.1) is 31.0 Å². The zero-order chi connectivity index (χ0) is 13.1. The quantitative estimate of drug-likeness (QED) is 0.766. The Kier molecular flexibility index (Phi) is 4.65. The number of anilines is 2. The minimum Gasteiger partial charge on any atom is -0.495 e. The molecule has 0 atom stereocenters. The Labute approximate surface area is 126 Å². The van der Waals surface area contributed by atoms with Gasteiger partial charge in [-0.1, -0.05) is 12.1 Å². The summed E-state index contributed by atoms with van der Waals surface area (Å²) >= 11 is 1.54. The minimum atomic E-state index is 0. The maximum atomic E-state index is 5.30. The lowest BCUT2D eigenvalue weighted by molar-refractivity contribution is 0.417. The van der Waals surface area contributed by atoms with E-state index in [9.17, 15) is 0 Å². The van der Waals surface area contributed by atoms with Crippen LogP contribution in [0.1, 0.15) is 0 Å². The molecule has 0 aliphatic carbocycles. The predicted octanol–water partition coefficient (Wildman–Crippen LogP) is 4.58. The summed E-state index contributed by atoms with van der Waals surface area (Å²) in [7, 11) is 1.65. The number of furan rings is 1. The Balaban J connectivity index is 0.00000147. The number of halogens is 1. The number of hydrogen-bond donors (Lipinski definition) is 1. The number of thiazole rings is 1. The van der Waals surface area contributed by atoms with Gasteiger partial charge >= 0.3 is 0 Å². The Morgan fingerprint density at radius 1 is 1.25 bits per heavy atom. The van der Waals surface area contributed by atoms with Crippen molar-refractivity contribution in [1.82, 2.24) is 4.98 Å². The molecule has 3 rings (SSSR count). The van der Waals surface area contributed by atoms with E-state index in [-0.39, 0.29) is 12.4 Å². The van der Waals surface area contributed by atoms with E-state index in [1.165, 1.54) is 0 Å². The topological polar surface area (TPSA) is 47.3 Å². The number of para-hydroxylation sites is 2. The van der Waals surface area contributed by atoms with E-state index in [0.29, 0.717) is 0 Å². The van der Waals surface area contributed by atoms with Crippen LogP contribution in [0.25, 0.3) is 11.3 Å². The molecule has 0 unspecified atom stereocenters. The third-order valence-electron chi connectivity index (χ3n) is 2.67. The lowest BCUT2D eigenvalue weighted by Crippen LogP contribution is -1.93. The zero-order valence-corrected chi connectivity index (χ0v) is 12.3. The summed E-state index contributed by atoms with van der Waals surface area (Å²) in [5, 5.41) is 6.07. The number of benzene rings is 1. The summed E-state index contributed by atoms with van der Waals surface area (Å²) in [6, 6.07) is 9.64. The van der Waals surface area contributed by atoms with Crippen LogP contribution in [0.2, 0.25) is 0 Å². The van der Waals surface area contributed by atoms with Crippen molar-refractivity contribution in [2.24, 2.45) is 0 Å². The largest absolute Gasteiger partial charge is 0.495 e. The fraction of sp³-hybridized carbons (Fsp3) is 0.0714. The monoisotopic (exact) mass is 308 g/mol. The molecular weight excluding hydrogens is 296 g/mol. The van der Waals surface area contributed by atoms with E-state index in [0.717, 1.165) is 27.8 Å². The Hall–Kier alpha value is -1.98. The normalized spacial score (nSPS) is 9.85. The first-order valence-electron chi connectivity index (χ1n) is 5.75. The first kappa shape index (κ1) is 14.4. The lowest BCUT2D eigenvalue weighted by Gasteiger charge is -2.07. The van der Waals surface area contributed by atoms with Crippen LogP contribution in [0.3, 0.4) is 0 Å². The number of hydrogen-bond acceptors (Lipinski definition) is 5. The SMILES string of the molecule is COc1ccccc1Nc1nc(-c2ccoc2)cs1.Cl. The van der Waals surface area contributed by atoms with Gasteiger partial charge in [-0.3, -0.25) is 0 Å². The Bertz CT molecular complexity index is 667. The molecule has 3 aromatic rings. The third kappa shape index (κ3) is 2.95. The van der Waals surface area contributed by atoms with E-state index in [1.54, 1.807) is 31.0 Å². The average Bonchev–Trinajstić information content (AvgIpc) is 3.09. The molecule has 2 heterocycles. The number of methoxy groups -OCH3 is 1. The Morgan fingerprint density at radius 3 is 2.85 bits per heavy atom. The molecule has 1 aromatic carbocycles. The smallest absolute Gasteiger partial charge is 0.187 e. The summed E-state index contributed by atoms with van der Waals surface area (Å²) in [5.74, 6) is 0.794. The molecular formula is C14H13ClN2O2S. The van der Waals surface area contributed by atoms with Gasteiger partial charge in [0.15, 0.2) is 5.13 Å². The van der Waals surface area contributed by atoms with Crippen LogP contribution < -0.4 is 10.1 Å². The van der Waals surface area contributed by atoms with Gasteiger partial charge in [-0.15, -0.1) is 23.7 Å². The van der Waals surface area contributed by atoms with Gasteiger partial charge in [0.1, 0.15) is 5.75 Å². The molecule has 4 nitrogen and oxygen atoms in total. The lowest BCUT2D eigenvalue weighted by atomic mass is 10.3. The van der Waals surface area contributed by atoms with Crippen LogP contribution >= 0.6 is 23.7 Å². The molecule has 0 saturated heterocycles. The van der Waals surface area contributed by atoms with Crippen LogP contribution in [0, 0.1) is 0 Å². The maximum absolute atomic E-state index is 5.30. The molecule has 0 radical (unpaired) electrons. The molecule has 104 valence electrons. The van der Waals surface area contributed by atoms with Crippen molar-refractivity contribution < 1.29 is 9.15 Å². The molecule has 0 spiro atoms. The number of rotatable bonds is 4. The van der Waals surface area contributed by atoms with Gasteiger partial charge < -0.3 is 14.5 Å². The van der Waals surface area contributed by atoms with E-state index in [4.69, 9.17) is 9.15 Å². The van der Waals surface area contributed by atoms with Crippen molar-refractivity contribution in [2.45, 2.75) is 0 Å². The molecule has 0 saturated carbocycles. The van der Waals surface area contributed by atoms with Crippen LogP contribution in [0.4, 0.5) is 10.8 Å². The van der Waals surface area contributed by atoms with Crippen LogP contribution in [-0.2, 0) is 0 Å². The number of nitrogens with zero attached hydrogens (tertiary/aromatic N) is 1. The third-order valence-corrected chi connectivity index (χ3v) is 3.43. The Morgan fingerprint density at radius 2 is 2.10 bits per heavy atom. The van der Waals surface area contributed by atoms with Crippen molar-refractivity contribution in [3.63, 3.8) is 0 Å². The summed E-state index contributed by atoms with van der Waals surface area (Å²) in [6.07, 6.45) is 3.32. The predicted molar refractivity (Wildman–Crippen MR) is 83.3 cm³/mol. The van der Waals surface area contributed by atoms with Crippen molar-refractivity contribution in [3.05, 3.63) is 48.2 Å².